The highest BCUT2D eigenvalue weighted by Gasteiger charge is 2.34. The minimum absolute atomic E-state index is 0.416. The average molecular weight is 221 g/mol. The van der Waals surface area contributed by atoms with Crippen LogP contribution in [0.15, 0.2) is 30.3 Å². The van der Waals surface area contributed by atoms with E-state index in [0.29, 0.717) is 12.8 Å². The highest BCUT2D eigenvalue weighted by molar-refractivity contribution is 5.22. The quantitative estimate of drug-likeness (QED) is 0.791. The van der Waals surface area contributed by atoms with Crippen LogP contribution < -0.4 is 0 Å². The van der Waals surface area contributed by atoms with Crippen LogP contribution in [0.5, 0.6) is 0 Å². The zero-order chi connectivity index (χ0) is 11.6. The number of likely N-dealkylation sites (tertiary alicyclic amines) is 1. The van der Waals surface area contributed by atoms with E-state index in [2.05, 4.69) is 0 Å². The second kappa shape index (κ2) is 4.53. The fraction of sp³-hybridized carbons (Fsp3) is 0.538. The van der Waals surface area contributed by atoms with Gasteiger partial charge in [0.1, 0.15) is 6.23 Å². The summed E-state index contributed by atoms with van der Waals surface area (Å²) in [6.45, 7) is 3.25. The Morgan fingerprint density at radius 1 is 1.19 bits per heavy atom. The summed E-state index contributed by atoms with van der Waals surface area (Å²) in [6.07, 6.45) is 0.949. The average Bonchev–Trinajstić information content (AvgIpc) is 2.31. The predicted molar refractivity (Wildman–Crippen MR) is 62.8 cm³/mol. The zero-order valence-corrected chi connectivity index (χ0v) is 9.63. The SMILES string of the molecule is CC(O)N1CCC(O)(c2ccccc2)CC1. The molecule has 0 aromatic heterocycles. The van der Waals surface area contributed by atoms with Gasteiger partial charge in [-0.3, -0.25) is 4.90 Å². The van der Waals surface area contributed by atoms with Gasteiger partial charge in [0.05, 0.1) is 5.60 Å². The normalized spacial score (nSPS) is 22.9. The first-order valence-corrected chi connectivity index (χ1v) is 5.82. The fourth-order valence-electron chi connectivity index (χ4n) is 2.30. The number of aliphatic hydroxyl groups is 2. The third-order valence-electron chi connectivity index (χ3n) is 3.46. The standard InChI is InChI=1S/C13H19NO2/c1-11(15)14-9-7-13(16,8-10-14)12-5-3-2-4-6-12/h2-6,11,15-16H,7-10H2,1H3. The van der Waals surface area contributed by atoms with Gasteiger partial charge < -0.3 is 10.2 Å². The van der Waals surface area contributed by atoms with Crippen molar-refractivity contribution >= 4 is 0 Å². The van der Waals surface area contributed by atoms with Crippen molar-refractivity contribution in [2.45, 2.75) is 31.6 Å². The summed E-state index contributed by atoms with van der Waals surface area (Å²) in [5, 5.41) is 20.0. The monoisotopic (exact) mass is 221 g/mol. The van der Waals surface area contributed by atoms with Crippen molar-refractivity contribution in [2.24, 2.45) is 0 Å². The number of rotatable bonds is 2. The Hall–Kier alpha value is -0.900. The minimum Gasteiger partial charge on any atom is -0.385 e. The Bertz CT molecular complexity index is 329. The first-order chi connectivity index (χ1) is 7.62. The van der Waals surface area contributed by atoms with Gasteiger partial charge >= 0.3 is 0 Å². The molecule has 1 aromatic carbocycles. The number of benzene rings is 1. The number of nitrogens with zero attached hydrogens (tertiary/aromatic N) is 1. The summed E-state index contributed by atoms with van der Waals surface area (Å²) in [4.78, 5) is 1.98. The lowest BCUT2D eigenvalue weighted by atomic mass is 9.84. The number of piperidine rings is 1. The van der Waals surface area contributed by atoms with Gasteiger partial charge in [-0.25, -0.2) is 0 Å². The van der Waals surface area contributed by atoms with Crippen molar-refractivity contribution in [3.8, 4) is 0 Å². The highest BCUT2D eigenvalue weighted by Crippen LogP contribution is 2.32. The first kappa shape index (κ1) is 11.6. The van der Waals surface area contributed by atoms with Gasteiger partial charge in [0.25, 0.3) is 0 Å². The second-order valence-corrected chi connectivity index (χ2v) is 4.57. The second-order valence-electron chi connectivity index (χ2n) is 4.57. The smallest absolute Gasteiger partial charge is 0.104 e. The van der Waals surface area contributed by atoms with Crippen molar-refractivity contribution < 1.29 is 10.2 Å². The van der Waals surface area contributed by atoms with Crippen LogP contribution in [0.2, 0.25) is 0 Å². The summed E-state index contributed by atoms with van der Waals surface area (Å²) in [5.41, 5.74) is 0.271. The Morgan fingerprint density at radius 2 is 1.75 bits per heavy atom. The molecule has 3 nitrogen and oxygen atoms in total. The van der Waals surface area contributed by atoms with Crippen LogP contribution in [0.25, 0.3) is 0 Å². The van der Waals surface area contributed by atoms with Gasteiger partial charge in [0.2, 0.25) is 0 Å². The van der Waals surface area contributed by atoms with Gasteiger partial charge in [-0.05, 0) is 25.3 Å². The van der Waals surface area contributed by atoms with E-state index in [0.717, 1.165) is 18.7 Å². The molecule has 2 N–H and O–H groups in total. The molecule has 1 fully saturated rings. The highest BCUT2D eigenvalue weighted by atomic mass is 16.3. The lowest BCUT2D eigenvalue weighted by molar-refractivity contribution is -0.0709. The molecule has 1 atom stereocenters. The van der Waals surface area contributed by atoms with Gasteiger partial charge in [-0.2, -0.15) is 0 Å². The van der Waals surface area contributed by atoms with Crippen molar-refractivity contribution in [2.75, 3.05) is 13.1 Å². The molecule has 3 heteroatoms. The maximum absolute atomic E-state index is 10.5. The zero-order valence-electron chi connectivity index (χ0n) is 9.63. The molecule has 1 heterocycles. The molecule has 0 amide bonds. The number of hydrogen-bond donors (Lipinski definition) is 2. The molecular formula is C13H19NO2. The molecule has 1 aromatic rings. The largest absolute Gasteiger partial charge is 0.385 e. The molecule has 1 aliphatic rings. The van der Waals surface area contributed by atoms with E-state index in [-0.39, 0.29) is 0 Å². The molecule has 2 rings (SSSR count). The first-order valence-electron chi connectivity index (χ1n) is 5.82. The maximum Gasteiger partial charge on any atom is 0.104 e. The molecule has 1 aliphatic heterocycles. The molecule has 16 heavy (non-hydrogen) atoms. The minimum atomic E-state index is -0.716. The van der Waals surface area contributed by atoms with E-state index in [4.69, 9.17) is 0 Å². The molecule has 1 saturated heterocycles. The molecule has 0 spiro atoms. The Balaban J connectivity index is 2.07. The maximum atomic E-state index is 10.5. The number of aliphatic hydroxyl groups excluding tert-OH is 1. The van der Waals surface area contributed by atoms with E-state index in [1.165, 1.54) is 0 Å². The van der Waals surface area contributed by atoms with E-state index in [1.807, 2.05) is 35.2 Å². The predicted octanol–water partition coefficient (Wildman–Crippen LogP) is 1.31. The lowest BCUT2D eigenvalue weighted by Crippen LogP contribution is -2.46. The third kappa shape index (κ3) is 2.26. The van der Waals surface area contributed by atoms with E-state index >= 15 is 0 Å². The summed E-state index contributed by atoms with van der Waals surface area (Å²) in [6, 6.07) is 9.80. The molecule has 0 aliphatic carbocycles. The molecule has 0 radical (unpaired) electrons. The van der Waals surface area contributed by atoms with Crippen LogP contribution >= 0.6 is 0 Å². The van der Waals surface area contributed by atoms with Gasteiger partial charge in [-0.15, -0.1) is 0 Å². The van der Waals surface area contributed by atoms with E-state index in [9.17, 15) is 10.2 Å². The van der Waals surface area contributed by atoms with Crippen LogP contribution in [0.4, 0.5) is 0 Å². The Labute approximate surface area is 96.3 Å². The van der Waals surface area contributed by atoms with E-state index < -0.39 is 11.8 Å². The van der Waals surface area contributed by atoms with Crippen molar-refractivity contribution in [3.05, 3.63) is 35.9 Å². The van der Waals surface area contributed by atoms with Crippen LogP contribution in [-0.4, -0.2) is 34.4 Å². The van der Waals surface area contributed by atoms with Crippen molar-refractivity contribution in [1.29, 1.82) is 0 Å². The summed E-state index contributed by atoms with van der Waals surface area (Å²) in [5.74, 6) is 0. The van der Waals surface area contributed by atoms with Crippen LogP contribution in [0, 0.1) is 0 Å². The molecular weight excluding hydrogens is 202 g/mol. The van der Waals surface area contributed by atoms with Crippen molar-refractivity contribution in [3.63, 3.8) is 0 Å². The third-order valence-corrected chi connectivity index (χ3v) is 3.46. The molecule has 88 valence electrons. The number of hydrogen-bond acceptors (Lipinski definition) is 3. The lowest BCUT2D eigenvalue weighted by Gasteiger charge is -2.39. The van der Waals surface area contributed by atoms with E-state index in [1.54, 1.807) is 6.92 Å². The van der Waals surface area contributed by atoms with Crippen LogP contribution in [0.3, 0.4) is 0 Å². The van der Waals surface area contributed by atoms with Gasteiger partial charge in [-0.1, -0.05) is 30.3 Å². The molecule has 0 saturated carbocycles. The summed E-state index contributed by atoms with van der Waals surface area (Å²) < 4.78 is 0. The topological polar surface area (TPSA) is 43.7 Å². The van der Waals surface area contributed by atoms with Gasteiger partial charge in [0.15, 0.2) is 0 Å². The fourth-order valence-corrected chi connectivity index (χ4v) is 2.30. The summed E-state index contributed by atoms with van der Waals surface area (Å²) in [7, 11) is 0. The van der Waals surface area contributed by atoms with Gasteiger partial charge in [0, 0.05) is 13.1 Å². The molecule has 0 bridgehead atoms. The van der Waals surface area contributed by atoms with Crippen LogP contribution in [-0.2, 0) is 5.60 Å². The summed E-state index contributed by atoms with van der Waals surface area (Å²) >= 11 is 0. The van der Waals surface area contributed by atoms with Crippen molar-refractivity contribution in [1.82, 2.24) is 4.90 Å². The molecule has 1 unspecified atom stereocenters. The Morgan fingerprint density at radius 3 is 2.25 bits per heavy atom. The van der Waals surface area contributed by atoms with Crippen LogP contribution in [0.1, 0.15) is 25.3 Å². The Kier molecular flexibility index (Phi) is 3.28.